The van der Waals surface area contributed by atoms with Gasteiger partial charge in [-0.15, -0.1) is 11.0 Å². The molecule has 1 saturated heterocycles. The Morgan fingerprint density at radius 1 is 0.833 bits per heavy atom. The van der Waals surface area contributed by atoms with Gasteiger partial charge in [0.1, 0.15) is 0 Å². The molecule has 0 amide bonds. The normalized spacial score (nSPS) is 24.0. The number of hydrogen-bond donors (Lipinski definition) is 1. The molecule has 0 aliphatic carbocycles. The molecular weight excluding hydrogens is 152 g/mol. The van der Waals surface area contributed by atoms with Crippen LogP contribution in [0.1, 0.15) is 44.9 Å². The minimum Gasteiger partial charge on any atom is -0.286 e. The van der Waals surface area contributed by atoms with Crippen LogP contribution in [-0.2, 0) is 4.84 Å². The minimum atomic E-state index is 0.795. The van der Waals surface area contributed by atoms with Gasteiger partial charge in [0.05, 0.1) is 6.61 Å². The largest absolute Gasteiger partial charge is 0.286 e. The SMILES string of the molecule is C1CCCC[N]NOCCCC1. The number of nitrogens with zero attached hydrogens (tertiary/aromatic N) is 1. The molecule has 1 aliphatic heterocycles. The predicted molar refractivity (Wildman–Crippen MR) is 48.4 cm³/mol. The van der Waals surface area contributed by atoms with Crippen molar-refractivity contribution in [2.24, 2.45) is 0 Å². The Hall–Kier alpha value is -0.120. The van der Waals surface area contributed by atoms with Crippen LogP contribution in [0, 0.1) is 0 Å². The Kier molecular flexibility index (Phi) is 6.25. The molecule has 0 atom stereocenters. The monoisotopic (exact) mass is 171 g/mol. The quantitative estimate of drug-likeness (QED) is 0.603. The van der Waals surface area contributed by atoms with Gasteiger partial charge in [0.15, 0.2) is 0 Å². The number of nitrogens with one attached hydrogen (secondary N) is 1. The van der Waals surface area contributed by atoms with Crippen molar-refractivity contribution in [3.05, 3.63) is 0 Å². The third-order valence-electron chi connectivity index (χ3n) is 2.15. The summed E-state index contributed by atoms with van der Waals surface area (Å²) in [5.41, 5.74) is 6.66. The molecule has 0 bridgehead atoms. The highest BCUT2D eigenvalue weighted by Crippen LogP contribution is 2.07. The van der Waals surface area contributed by atoms with Crippen LogP contribution in [0.5, 0.6) is 0 Å². The highest BCUT2D eigenvalue weighted by atomic mass is 16.7. The summed E-state index contributed by atoms with van der Waals surface area (Å²) in [5, 5.41) is 0. The molecule has 3 heteroatoms. The lowest BCUT2D eigenvalue weighted by molar-refractivity contribution is 0.00513. The van der Waals surface area contributed by atoms with Crippen molar-refractivity contribution < 1.29 is 4.84 Å². The first-order valence-corrected chi connectivity index (χ1v) is 5.03. The van der Waals surface area contributed by atoms with Crippen molar-refractivity contribution in [2.75, 3.05) is 13.2 Å². The lowest BCUT2D eigenvalue weighted by Crippen LogP contribution is -2.26. The van der Waals surface area contributed by atoms with Gasteiger partial charge in [-0.3, -0.25) is 4.84 Å². The van der Waals surface area contributed by atoms with Gasteiger partial charge in [-0.25, -0.2) is 0 Å². The van der Waals surface area contributed by atoms with E-state index in [1.54, 1.807) is 0 Å². The van der Waals surface area contributed by atoms with E-state index in [2.05, 4.69) is 11.0 Å². The van der Waals surface area contributed by atoms with E-state index >= 15 is 0 Å². The Morgan fingerprint density at radius 3 is 2.33 bits per heavy atom. The van der Waals surface area contributed by atoms with Crippen LogP contribution in [0.3, 0.4) is 0 Å². The summed E-state index contributed by atoms with van der Waals surface area (Å²) in [4.78, 5) is 5.09. The van der Waals surface area contributed by atoms with E-state index in [1.807, 2.05) is 0 Å². The third kappa shape index (κ3) is 5.52. The van der Waals surface area contributed by atoms with Crippen molar-refractivity contribution in [2.45, 2.75) is 44.9 Å². The molecule has 0 unspecified atom stereocenters. The third-order valence-corrected chi connectivity index (χ3v) is 2.15. The lowest BCUT2D eigenvalue weighted by atomic mass is 10.1. The standard InChI is InChI=1S/C9H19N2O/c1-2-4-6-8-10-11-12-9-7-5-3-1/h11H,1-9H2. The maximum atomic E-state index is 5.09. The summed E-state index contributed by atoms with van der Waals surface area (Å²) in [6.07, 6.45) is 9.07. The molecule has 1 radical (unpaired) electrons. The molecule has 0 aromatic rings. The van der Waals surface area contributed by atoms with Gasteiger partial charge in [0.2, 0.25) is 0 Å². The molecule has 0 spiro atoms. The van der Waals surface area contributed by atoms with Gasteiger partial charge in [0, 0.05) is 6.54 Å². The first-order valence-electron chi connectivity index (χ1n) is 5.03. The van der Waals surface area contributed by atoms with Crippen LogP contribution < -0.4 is 11.0 Å². The zero-order chi connectivity index (χ0) is 8.49. The lowest BCUT2D eigenvalue weighted by Gasteiger charge is -2.07. The summed E-state index contributed by atoms with van der Waals surface area (Å²) < 4.78 is 0. The average molecular weight is 171 g/mol. The van der Waals surface area contributed by atoms with E-state index in [0.29, 0.717) is 0 Å². The summed E-state index contributed by atoms with van der Waals surface area (Å²) in [6, 6.07) is 0. The van der Waals surface area contributed by atoms with Crippen molar-refractivity contribution >= 4 is 0 Å². The summed E-state index contributed by atoms with van der Waals surface area (Å²) in [5.74, 6) is 0. The number of rotatable bonds is 0. The fourth-order valence-corrected chi connectivity index (χ4v) is 1.39. The molecule has 1 aliphatic rings. The van der Waals surface area contributed by atoms with Gasteiger partial charge in [-0.1, -0.05) is 32.1 Å². The number of hydrogen-bond acceptors (Lipinski definition) is 2. The summed E-state index contributed by atoms with van der Waals surface area (Å²) >= 11 is 0. The second-order valence-corrected chi connectivity index (χ2v) is 3.30. The van der Waals surface area contributed by atoms with Crippen LogP contribution in [-0.4, -0.2) is 13.2 Å². The van der Waals surface area contributed by atoms with Crippen molar-refractivity contribution in [1.29, 1.82) is 0 Å². The molecule has 71 valence electrons. The topological polar surface area (TPSA) is 35.4 Å². The first-order chi connectivity index (χ1) is 6.00. The molecule has 0 aromatic carbocycles. The van der Waals surface area contributed by atoms with Gasteiger partial charge >= 0.3 is 0 Å². The summed E-state index contributed by atoms with van der Waals surface area (Å²) in [7, 11) is 0. The van der Waals surface area contributed by atoms with Crippen molar-refractivity contribution in [3.63, 3.8) is 0 Å². The maximum Gasteiger partial charge on any atom is 0.0699 e. The van der Waals surface area contributed by atoms with E-state index < -0.39 is 0 Å². The average Bonchev–Trinajstić information content (AvgIpc) is 2.05. The van der Waals surface area contributed by atoms with Gasteiger partial charge in [0.25, 0.3) is 0 Å². The molecule has 0 aromatic heterocycles. The highest BCUT2D eigenvalue weighted by Gasteiger charge is 1.95. The molecule has 1 heterocycles. The Morgan fingerprint density at radius 2 is 1.50 bits per heavy atom. The molecule has 12 heavy (non-hydrogen) atoms. The zero-order valence-electron chi connectivity index (χ0n) is 7.72. The fraction of sp³-hybridized carbons (Fsp3) is 1.00. The Bertz CT molecular complexity index is 55.5. The Balaban J connectivity index is 2.00. The smallest absolute Gasteiger partial charge is 0.0699 e. The first kappa shape index (κ1) is 9.96. The molecule has 1 fully saturated rings. The van der Waals surface area contributed by atoms with Crippen LogP contribution in [0.15, 0.2) is 0 Å². The van der Waals surface area contributed by atoms with Crippen LogP contribution in [0.4, 0.5) is 0 Å². The van der Waals surface area contributed by atoms with Gasteiger partial charge in [-0.2, -0.15) is 0 Å². The van der Waals surface area contributed by atoms with E-state index in [4.69, 9.17) is 4.84 Å². The fourth-order valence-electron chi connectivity index (χ4n) is 1.39. The molecule has 3 nitrogen and oxygen atoms in total. The second-order valence-electron chi connectivity index (χ2n) is 3.30. The van der Waals surface area contributed by atoms with Crippen molar-refractivity contribution in [1.82, 2.24) is 11.0 Å². The van der Waals surface area contributed by atoms with Crippen LogP contribution in [0.25, 0.3) is 0 Å². The molecular formula is C9H19N2O. The van der Waals surface area contributed by atoms with Crippen molar-refractivity contribution in [3.8, 4) is 0 Å². The second kappa shape index (κ2) is 7.53. The van der Waals surface area contributed by atoms with Gasteiger partial charge < -0.3 is 0 Å². The predicted octanol–water partition coefficient (Wildman–Crippen LogP) is 1.77. The maximum absolute atomic E-state index is 5.09. The van der Waals surface area contributed by atoms with Crippen LogP contribution >= 0.6 is 0 Å². The Labute approximate surface area is 74.8 Å². The highest BCUT2D eigenvalue weighted by molar-refractivity contribution is 4.47. The summed E-state index contributed by atoms with van der Waals surface area (Å²) in [6.45, 7) is 1.68. The van der Waals surface area contributed by atoms with Gasteiger partial charge in [-0.05, 0) is 12.8 Å². The van der Waals surface area contributed by atoms with E-state index in [1.165, 1.54) is 38.5 Å². The van der Waals surface area contributed by atoms with Crippen LogP contribution in [0.2, 0.25) is 0 Å². The van der Waals surface area contributed by atoms with E-state index in [0.717, 1.165) is 19.6 Å². The molecule has 1 N–H and O–H groups in total. The van der Waals surface area contributed by atoms with E-state index in [9.17, 15) is 0 Å². The minimum absolute atomic E-state index is 0.795. The zero-order valence-corrected chi connectivity index (χ0v) is 7.72. The molecule has 1 rings (SSSR count). The van der Waals surface area contributed by atoms with E-state index in [-0.39, 0.29) is 0 Å². The molecule has 0 saturated carbocycles.